The van der Waals surface area contributed by atoms with Crippen molar-refractivity contribution >= 4 is 45.0 Å². The summed E-state index contributed by atoms with van der Waals surface area (Å²) in [6.45, 7) is 12.4. The molecule has 35 heavy (non-hydrogen) atoms. The van der Waals surface area contributed by atoms with Gasteiger partial charge in [-0.3, -0.25) is 9.69 Å². The molecule has 0 bridgehead atoms. The van der Waals surface area contributed by atoms with Crippen LogP contribution in [0.15, 0.2) is 24.3 Å². The van der Waals surface area contributed by atoms with Crippen LogP contribution in [0.2, 0.25) is 0 Å². The van der Waals surface area contributed by atoms with Gasteiger partial charge in [-0.15, -0.1) is 12.4 Å². The minimum atomic E-state index is -0.153. The third-order valence-corrected chi connectivity index (χ3v) is 6.44. The predicted molar refractivity (Wildman–Crippen MR) is 147 cm³/mol. The van der Waals surface area contributed by atoms with Gasteiger partial charge in [0.25, 0.3) is 5.91 Å². The highest BCUT2D eigenvalue weighted by Gasteiger charge is 2.25. The molecule has 1 heterocycles. The Morgan fingerprint density at radius 3 is 2.06 bits per heavy atom. The van der Waals surface area contributed by atoms with Crippen molar-refractivity contribution in [2.24, 2.45) is 0 Å². The molecule has 0 fully saturated rings. The Bertz CT molecular complexity index is 1120. The Labute approximate surface area is 218 Å². The molecule has 0 aliphatic rings. The smallest absolute Gasteiger partial charge is 0.260 e. The Balaban J connectivity index is 0.00000432. The van der Waals surface area contributed by atoms with Gasteiger partial charge in [0.2, 0.25) is 5.75 Å². The van der Waals surface area contributed by atoms with Crippen LogP contribution in [0, 0.1) is 13.8 Å². The van der Waals surface area contributed by atoms with Crippen LogP contribution < -0.4 is 19.1 Å². The molecule has 2 aromatic carbocycles. The molecule has 0 aliphatic heterocycles. The molecular weight excluding hydrogens is 486 g/mol. The quantitative estimate of drug-likeness (QED) is 0.320. The zero-order valence-corrected chi connectivity index (χ0v) is 23.3. The van der Waals surface area contributed by atoms with E-state index in [4.69, 9.17) is 19.2 Å². The number of halogens is 1. The Morgan fingerprint density at radius 2 is 1.51 bits per heavy atom. The van der Waals surface area contributed by atoms with Crippen molar-refractivity contribution in [3.8, 4) is 17.2 Å². The van der Waals surface area contributed by atoms with Gasteiger partial charge in [-0.25, -0.2) is 4.98 Å². The zero-order chi connectivity index (χ0) is 24.8. The average Bonchev–Trinajstić information content (AvgIpc) is 3.20. The summed E-state index contributed by atoms with van der Waals surface area (Å²) < 4.78 is 18.6. The van der Waals surface area contributed by atoms with Crippen molar-refractivity contribution in [1.82, 2.24) is 9.88 Å². The monoisotopic (exact) mass is 521 g/mol. The third kappa shape index (κ3) is 6.78. The van der Waals surface area contributed by atoms with E-state index in [2.05, 4.69) is 30.9 Å². The van der Waals surface area contributed by atoms with Gasteiger partial charge in [0.1, 0.15) is 0 Å². The summed E-state index contributed by atoms with van der Waals surface area (Å²) in [4.78, 5) is 22.5. The number of aromatic nitrogens is 1. The van der Waals surface area contributed by atoms with E-state index in [1.54, 1.807) is 28.4 Å². The normalized spacial score (nSPS) is 10.9. The Morgan fingerprint density at radius 1 is 0.914 bits per heavy atom. The lowest BCUT2D eigenvalue weighted by Gasteiger charge is -2.23. The number of nitrogens with zero attached hydrogens (tertiary/aromatic N) is 3. The lowest BCUT2D eigenvalue weighted by atomic mass is 10.1. The Kier molecular flexibility index (Phi) is 10.6. The summed E-state index contributed by atoms with van der Waals surface area (Å²) in [5.74, 6) is 1.37. The first-order valence-corrected chi connectivity index (χ1v) is 12.5. The first-order chi connectivity index (χ1) is 16.3. The molecule has 1 amide bonds. The van der Waals surface area contributed by atoms with Gasteiger partial charge in [-0.05, 0) is 78.0 Å². The molecule has 0 aliphatic carbocycles. The lowest BCUT2D eigenvalue weighted by Crippen LogP contribution is -2.36. The molecule has 0 unspecified atom stereocenters. The number of hydrogen-bond donors (Lipinski definition) is 0. The van der Waals surface area contributed by atoms with E-state index >= 15 is 0 Å². The first kappa shape index (κ1) is 28.7. The molecule has 3 rings (SSSR count). The van der Waals surface area contributed by atoms with Crippen LogP contribution in [-0.2, 0) is 0 Å². The van der Waals surface area contributed by atoms with E-state index in [0.717, 1.165) is 21.3 Å². The number of amides is 1. The number of hydrogen-bond acceptors (Lipinski definition) is 7. The highest BCUT2D eigenvalue weighted by Crippen LogP contribution is 2.40. The SMILES string of the molecule is CCOc1cc(C(=O)N(CCN(C)C)c2nc3cc(C)cc(C)c3s2)cc(OCC)c1OCC.Cl. The maximum absolute atomic E-state index is 13.9. The first-order valence-electron chi connectivity index (χ1n) is 11.7. The fourth-order valence-corrected chi connectivity index (χ4v) is 4.77. The molecule has 7 nitrogen and oxygen atoms in total. The highest BCUT2D eigenvalue weighted by molar-refractivity contribution is 7.22. The van der Waals surface area contributed by atoms with Crippen molar-refractivity contribution < 1.29 is 19.0 Å². The number of thiazole rings is 1. The van der Waals surface area contributed by atoms with Gasteiger partial charge in [0.05, 0.1) is 30.0 Å². The largest absolute Gasteiger partial charge is 0.490 e. The second-order valence-corrected chi connectivity index (χ2v) is 9.26. The van der Waals surface area contributed by atoms with Gasteiger partial charge in [0.15, 0.2) is 16.6 Å². The number of ether oxygens (including phenoxy) is 3. The lowest BCUT2D eigenvalue weighted by molar-refractivity contribution is 0.0984. The Hall–Kier alpha value is -2.55. The van der Waals surface area contributed by atoms with Crippen molar-refractivity contribution in [2.45, 2.75) is 34.6 Å². The van der Waals surface area contributed by atoms with E-state index in [-0.39, 0.29) is 18.3 Å². The van der Waals surface area contributed by atoms with E-state index in [9.17, 15) is 4.79 Å². The van der Waals surface area contributed by atoms with Gasteiger partial charge in [0, 0.05) is 18.7 Å². The number of carbonyl (C=O) groups excluding carboxylic acids is 1. The molecule has 0 saturated carbocycles. The summed E-state index contributed by atoms with van der Waals surface area (Å²) >= 11 is 1.54. The number of benzene rings is 2. The molecular formula is C26H36ClN3O4S. The van der Waals surface area contributed by atoms with Crippen LogP contribution in [0.3, 0.4) is 0 Å². The highest BCUT2D eigenvalue weighted by atomic mass is 35.5. The minimum Gasteiger partial charge on any atom is -0.490 e. The molecule has 0 N–H and O–H groups in total. The topological polar surface area (TPSA) is 64.1 Å². The minimum absolute atomic E-state index is 0. The summed E-state index contributed by atoms with van der Waals surface area (Å²) in [7, 11) is 3.98. The second kappa shape index (κ2) is 13.0. The van der Waals surface area contributed by atoms with Crippen LogP contribution in [0.4, 0.5) is 5.13 Å². The predicted octanol–water partition coefficient (Wildman–Crippen LogP) is 5.74. The summed E-state index contributed by atoms with van der Waals surface area (Å²) in [5.41, 5.74) is 3.71. The summed E-state index contributed by atoms with van der Waals surface area (Å²) in [5, 5.41) is 0.681. The van der Waals surface area contributed by atoms with Gasteiger partial charge >= 0.3 is 0 Å². The van der Waals surface area contributed by atoms with Crippen molar-refractivity contribution in [2.75, 3.05) is 51.9 Å². The summed E-state index contributed by atoms with van der Waals surface area (Å²) in [6, 6.07) is 7.69. The van der Waals surface area contributed by atoms with E-state index in [1.165, 1.54) is 0 Å². The van der Waals surface area contributed by atoms with Crippen LogP contribution in [0.5, 0.6) is 17.2 Å². The van der Waals surface area contributed by atoms with E-state index < -0.39 is 0 Å². The van der Waals surface area contributed by atoms with Crippen molar-refractivity contribution in [1.29, 1.82) is 0 Å². The molecule has 0 spiro atoms. The van der Waals surface area contributed by atoms with Crippen LogP contribution in [0.1, 0.15) is 42.3 Å². The fraction of sp³-hybridized carbons (Fsp3) is 0.462. The van der Waals surface area contributed by atoms with Crippen LogP contribution in [0.25, 0.3) is 10.2 Å². The number of fused-ring (bicyclic) bond motifs is 1. The van der Waals surface area contributed by atoms with Crippen molar-refractivity contribution in [3.05, 3.63) is 41.0 Å². The fourth-order valence-electron chi connectivity index (χ4n) is 3.73. The third-order valence-electron chi connectivity index (χ3n) is 5.21. The van der Waals surface area contributed by atoms with Gasteiger partial charge in [-0.1, -0.05) is 17.4 Å². The second-order valence-electron chi connectivity index (χ2n) is 8.29. The van der Waals surface area contributed by atoms with E-state index in [0.29, 0.717) is 60.9 Å². The average molecular weight is 522 g/mol. The molecule has 1 aromatic heterocycles. The number of rotatable bonds is 11. The number of aryl methyl sites for hydroxylation is 2. The number of likely N-dealkylation sites (N-methyl/N-ethyl adjacent to an activating group) is 1. The standard InChI is InChI=1S/C26H35N3O4S.ClH/c1-8-31-21-15-19(16-22(32-9-2)23(21)33-10-3)25(30)29(12-11-28(6)7)26-27-20-14-17(4)13-18(5)24(20)34-26;/h13-16H,8-12H2,1-7H3;1H. The van der Waals surface area contributed by atoms with Gasteiger partial charge < -0.3 is 19.1 Å². The zero-order valence-electron chi connectivity index (χ0n) is 21.6. The molecule has 192 valence electrons. The van der Waals surface area contributed by atoms with Gasteiger partial charge in [-0.2, -0.15) is 0 Å². The molecule has 0 saturated heterocycles. The molecule has 0 radical (unpaired) electrons. The van der Waals surface area contributed by atoms with Crippen LogP contribution >= 0.6 is 23.7 Å². The maximum atomic E-state index is 13.9. The van der Waals surface area contributed by atoms with Crippen LogP contribution in [-0.4, -0.2) is 62.8 Å². The summed E-state index contributed by atoms with van der Waals surface area (Å²) in [6.07, 6.45) is 0. The number of carbonyl (C=O) groups is 1. The molecule has 9 heteroatoms. The van der Waals surface area contributed by atoms with E-state index in [1.807, 2.05) is 34.9 Å². The molecule has 3 aromatic rings. The van der Waals surface area contributed by atoms with Crippen molar-refractivity contribution in [3.63, 3.8) is 0 Å². The number of anilines is 1. The maximum Gasteiger partial charge on any atom is 0.260 e. The molecule has 0 atom stereocenters.